The van der Waals surface area contributed by atoms with Crippen LogP contribution in [0, 0.1) is 0 Å². The van der Waals surface area contributed by atoms with E-state index >= 15 is 0 Å². The van der Waals surface area contributed by atoms with Gasteiger partial charge in [0.25, 0.3) is 0 Å². The van der Waals surface area contributed by atoms with Gasteiger partial charge in [0.1, 0.15) is 0 Å². The minimum absolute atomic E-state index is 0.0122. The Hall–Kier alpha value is -1.00. The summed E-state index contributed by atoms with van der Waals surface area (Å²) in [6, 6.07) is 0. The molecule has 0 aliphatic rings. The Labute approximate surface area is 99.2 Å². The second-order valence-corrected chi connectivity index (χ2v) is 3.68. The molecule has 0 radical (unpaired) electrons. The topological polar surface area (TPSA) is 9.23 Å². The van der Waals surface area contributed by atoms with Crippen LogP contribution in [0.25, 0.3) is 0 Å². The third-order valence-corrected chi connectivity index (χ3v) is 2.18. The van der Waals surface area contributed by atoms with Gasteiger partial charge in [-0.25, -0.2) is 0 Å². The van der Waals surface area contributed by atoms with Gasteiger partial charge in [-0.3, -0.25) is 0 Å². The Bertz CT molecular complexity index is 248. The van der Waals surface area contributed by atoms with Crippen LogP contribution in [0.2, 0.25) is 0 Å². The van der Waals surface area contributed by atoms with Crippen LogP contribution in [0.4, 0.5) is 17.6 Å². The molecule has 0 aliphatic carbocycles. The molecule has 0 aliphatic heterocycles. The van der Waals surface area contributed by atoms with E-state index in [9.17, 15) is 17.6 Å². The summed E-state index contributed by atoms with van der Waals surface area (Å²) in [4.78, 5) is 0. The molecule has 0 amide bonds. The van der Waals surface area contributed by atoms with Crippen LogP contribution in [0.5, 0.6) is 0 Å². The lowest BCUT2D eigenvalue weighted by Gasteiger charge is -2.11. The molecular weight excluding hydrogens is 236 g/mol. The van der Waals surface area contributed by atoms with E-state index < -0.39 is 23.7 Å². The lowest BCUT2D eigenvalue weighted by molar-refractivity contribution is 0.206. The number of ether oxygens (including phenoxy) is 1. The van der Waals surface area contributed by atoms with Crippen molar-refractivity contribution < 1.29 is 22.3 Å². The lowest BCUT2D eigenvalue weighted by atomic mass is 10.2. The summed E-state index contributed by atoms with van der Waals surface area (Å²) in [6.07, 6.45) is -1.69. The molecule has 0 atom stereocenters. The Morgan fingerprint density at radius 3 is 1.35 bits per heavy atom. The van der Waals surface area contributed by atoms with E-state index in [0.717, 1.165) is 0 Å². The SMILES string of the molecule is CCCCC(OC(CCCC)=C(F)F)=C(F)F. The monoisotopic (exact) mass is 254 g/mol. The van der Waals surface area contributed by atoms with Crippen molar-refractivity contribution in [2.45, 2.75) is 52.4 Å². The first-order valence-electron chi connectivity index (χ1n) is 5.79. The Morgan fingerprint density at radius 2 is 1.12 bits per heavy atom. The number of hydrogen-bond donors (Lipinski definition) is 0. The molecule has 0 aromatic carbocycles. The van der Waals surface area contributed by atoms with Gasteiger partial charge in [0.05, 0.1) is 0 Å². The third kappa shape index (κ3) is 7.02. The van der Waals surface area contributed by atoms with E-state index in [-0.39, 0.29) is 12.8 Å². The van der Waals surface area contributed by atoms with Crippen LogP contribution in [-0.4, -0.2) is 0 Å². The summed E-state index contributed by atoms with van der Waals surface area (Å²) < 4.78 is 54.5. The van der Waals surface area contributed by atoms with E-state index in [2.05, 4.69) is 4.74 Å². The van der Waals surface area contributed by atoms with Crippen molar-refractivity contribution in [1.82, 2.24) is 0 Å². The molecule has 0 saturated carbocycles. The van der Waals surface area contributed by atoms with E-state index in [1.54, 1.807) is 0 Å². The standard InChI is InChI=1S/C12H18F4O/c1-3-5-7-9(11(13)14)17-10(12(15)16)8-6-4-2/h3-8H2,1-2H3. The van der Waals surface area contributed by atoms with Gasteiger partial charge >= 0.3 is 12.2 Å². The molecule has 100 valence electrons. The zero-order chi connectivity index (χ0) is 13.3. The average Bonchev–Trinajstić information content (AvgIpc) is 2.27. The van der Waals surface area contributed by atoms with Gasteiger partial charge < -0.3 is 4.74 Å². The maximum atomic E-state index is 12.5. The Morgan fingerprint density at radius 1 is 0.765 bits per heavy atom. The maximum Gasteiger partial charge on any atom is 0.308 e. The van der Waals surface area contributed by atoms with Gasteiger partial charge in [0, 0.05) is 12.8 Å². The Kier molecular flexibility index (Phi) is 8.54. The van der Waals surface area contributed by atoms with Crippen molar-refractivity contribution in [3.05, 3.63) is 23.7 Å². The van der Waals surface area contributed by atoms with Crippen LogP contribution >= 0.6 is 0 Å². The third-order valence-electron chi connectivity index (χ3n) is 2.18. The summed E-state index contributed by atoms with van der Waals surface area (Å²) in [6.45, 7) is 3.66. The minimum Gasteiger partial charge on any atom is -0.455 e. The fraction of sp³-hybridized carbons (Fsp3) is 0.667. The molecule has 0 bridgehead atoms. The van der Waals surface area contributed by atoms with Gasteiger partial charge in [-0.05, 0) is 12.8 Å². The molecule has 0 heterocycles. The first-order valence-corrected chi connectivity index (χ1v) is 5.79. The summed E-state index contributed by atoms with van der Waals surface area (Å²) in [5, 5.41) is 0. The molecule has 1 nitrogen and oxygen atoms in total. The smallest absolute Gasteiger partial charge is 0.308 e. The highest BCUT2D eigenvalue weighted by Gasteiger charge is 2.14. The second kappa shape index (κ2) is 9.07. The van der Waals surface area contributed by atoms with Gasteiger partial charge in [0.15, 0.2) is 11.5 Å². The van der Waals surface area contributed by atoms with Crippen LogP contribution in [0.1, 0.15) is 52.4 Å². The van der Waals surface area contributed by atoms with Crippen molar-refractivity contribution in [2.24, 2.45) is 0 Å². The quantitative estimate of drug-likeness (QED) is 0.404. The molecule has 0 spiro atoms. The second-order valence-electron chi connectivity index (χ2n) is 3.68. The number of allylic oxidation sites excluding steroid dienone is 2. The highest BCUT2D eigenvalue weighted by atomic mass is 19.3. The molecular formula is C12H18F4O. The summed E-state index contributed by atoms with van der Waals surface area (Å²) in [5.74, 6) is -1.27. The molecule has 0 saturated heterocycles. The molecule has 0 rings (SSSR count). The van der Waals surface area contributed by atoms with Gasteiger partial charge in [-0.1, -0.05) is 26.7 Å². The number of rotatable bonds is 8. The van der Waals surface area contributed by atoms with Crippen molar-refractivity contribution in [3.63, 3.8) is 0 Å². The maximum absolute atomic E-state index is 12.5. The predicted octanol–water partition coefficient (Wildman–Crippen LogP) is 5.60. The van der Waals surface area contributed by atoms with E-state index in [4.69, 9.17) is 0 Å². The van der Waals surface area contributed by atoms with E-state index in [1.807, 2.05) is 13.8 Å². The number of halogens is 4. The lowest BCUT2D eigenvalue weighted by Crippen LogP contribution is -1.97. The zero-order valence-electron chi connectivity index (χ0n) is 10.2. The predicted molar refractivity (Wildman–Crippen MR) is 58.6 cm³/mol. The minimum atomic E-state index is -2.02. The van der Waals surface area contributed by atoms with Gasteiger partial charge in [0.2, 0.25) is 0 Å². The van der Waals surface area contributed by atoms with Crippen molar-refractivity contribution in [3.8, 4) is 0 Å². The molecule has 0 aromatic rings. The molecule has 5 heteroatoms. The van der Waals surface area contributed by atoms with Crippen molar-refractivity contribution >= 4 is 0 Å². The van der Waals surface area contributed by atoms with Crippen LogP contribution in [0.15, 0.2) is 23.7 Å². The van der Waals surface area contributed by atoms with E-state index in [1.165, 1.54) is 0 Å². The van der Waals surface area contributed by atoms with Crippen LogP contribution in [-0.2, 0) is 4.74 Å². The molecule has 0 fully saturated rings. The molecule has 0 unspecified atom stereocenters. The molecule has 0 N–H and O–H groups in total. The first-order chi connectivity index (χ1) is 8.02. The highest BCUT2D eigenvalue weighted by Crippen LogP contribution is 2.25. The van der Waals surface area contributed by atoms with Crippen LogP contribution in [0.3, 0.4) is 0 Å². The zero-order valence-corrected chi connectivity index (χ0v) is 10.2. The fourth-order valence-corrected chi connectivity index (χ4v) is 1.19. The van der Waals surface area contributed by atoms with Gasteiger partial charge in [-0.2, -0.15) is 17.6 Å². The van der Waals surface area contributed by atoms with Crippen molar-refractivity contribution in [1.29, 1.82) is 0 Å². The Balaban J connectivity index is 4.60. The fourth-order valence-electron chi connectivity index (χ4n) is 1.19. The average molecular weight is 254 g/mol. The number of unbranched alkanes of at least 4 members (excludes halogenated alkanes) is 2. The normalized spacial score (nSPS) is 10.0. The summed E-state index contributed by atoms with van der Waals surface area (Å²) in [5.41, 5.74) is 0. The highest BCUT2D eigenvalue weighted by molar-refractivity contribution is 5.03. The molecule has 0 aromatic heterocycles. The van der Waals surface area contributed by atoms with Crippen molar-refractivity contribution in [2.75, 3.05) is 0 Å². The van der Waals surface area contributed by atoms with Gasteiger partial charge in [-0.15, -0.1) is 0 Å². The van der Waals surface area contributed by atoms with Crippen LogP contribution < -0.4 is 0 Å². The number of hydrogen-bond acceptors (Lipinski definition) is 1. The molecule has 17 heavy (non-hydrogen) atoms. The largest absolute Gasteiger partial charge is 0.455 e. The summed E-state index contributed by atoms with van der Waals surface area (Å²) in [7, 11) is 0. The van der Waals surface area contributed by atoms with E-state index in [0.29, 0.717) is 25.7 Å². The first kappa shape index (κ1) is 16.0. The summed E-state index contributed by atoms with van der Waals surface area (Å²) >= 11 is 0.